The number of nitro benzene ring substituents is 1. The van der Waals surface area contributed by atoms with Crippen LogP contribution in [0.5, 0.6) is 11.5 Å². The van der Waals surface area contributed by atoms with Gasteiger partial charge in [0.15, 0.2) is 11.5 Å². The summed E-state index contributed by atoms with van der Waals surface area (Å²) in [5, 5.41) is 11.2. The molecule has 114 valence electrons. The molecular weight excluding hydrogens is 310 g/mol. The molecule has 0 aliphatic rings. The minimum atomic E-state index is -0.479. The molecule has 0 radical (unpaired) electrons. The number of halogens is 1. The van der Waals surface area contributed by atoms with Gasteiger partial charge in [0.25, 0.3) is 5.69 Å². The Morgan fingerprint density at radius 3 is 2.68 bits per heavy atom. The third kappa shape index (κ3) is 3.35. The second kappa shape index (κ2) is 6.91. The molecular formula is C15H12ClNO5. The number of nitro groups is 1. The molecule has 0 saturated heterocycles. The Bertz CT molecular complexity index is 717. The van der Waals surface area contributed by atoms with E-state index in [9.17, 15) is 14.9 Å². The fourth-order valence-corrected chi connectivity index (χ4v) is 2.18. The van der Waals surface area contributed by atoms with Crippen LogP contribution in [0.25, 0.3) is 0 Å². The summed E-state index contributed by atoms with van der Waals surface area (Å²) in [5.74, 6) is 0.515. The summed E-state index contributed by atoms with van der Waals surface area (Å²) in [4.78, 5) is 21.3. The number of methoxy groups -OCH3 is 1. The first-order chi connectivity index (χ1) is 10.6. The quantitative estimate of drug-likeness (QED) is 0.461. The number of hydrogen-bond acceptors (Lipinski definition) is 5. The SMILES string of the molecule is COc1cc(C=O)cc(Cl)c1OCc1ccccc1[N+](=O)[O-]. The molecule has 0 bridgehead atoms. The second-order valence-electron chi connectivity index (χ2n) is 4.33. The number of hydrogen-bond donors (Lipinski definition) is 0. The lowest BCUT2D eigenvalue weighted by molar-refractivity contribution is -0.385. The molecule has 0 unspecified atom stereocenters. The van der Waals surface area contributed by atoms with Crippen molar-refractivity contribution in [3.8, 4) is 11.5 Å². The van der Waals surface area contributed by atoms with Crippen molar-refractivity contribution in [2.45, 2.75) is 6.61 Å². The Hall–Kier alpha value is -2.60. The molecule has 0 N–H and O–H groups in total. The van der Waals surface area contributed by atoms with Crippen molar-refractivity contribution in [3.63, 3.8) is 0 Å². The maximum Gasteiger partial charge on any atom is 0.276 e. The smallest absolute Gasteiger partial charge is 0.276 e. The lowest BCUT2D eigenvalue weighted by atomic mass is 10.2. The number of rotatable bonds is 6. The number of benzene rings is 2. The van der Waals surface area contributed by atoms with Crippen LogP contribution in [-0.4, -0.2) is 18.3 Å². The van der Waals surface area contributed by atoms with Crippen LogP contribution < -0.4 is 9.47 Å². The van der Waals surface area contributed by atoms with Gasteiger partial charge in [-0.25, -0.2) is 0 Å². The van der Waals surface area contributed by atoms with Crippen molar-refractivity contribution in [2.75, 3.05) is 7.11 Å². The molecule has 2 aromatic carbocycles. The highest BCUT2D eigenvalue weighted by atomic mass is 35.5. The van der Waals surface area contributed by atoms with Crippen molar-refractivity contribution in [2.24, 2.45) is 0 Å². The molecule has 7 heteroatoms. The number of carbonyl (C=O) groups is 1. The Morgan fingerprint density at radius 2 is 2.05 bits per heavy atom. The monoisotopic (exact) mass is 321 g/mol. The van der Waals surface area contributed by atoms with Gasteiger partial charge in [0.2, 0.25) is 0 Å². The topological polar surface area (TPSA) is 78.7 Å². The van der Waals surface area contributed by atoms with Gasteiger partial charge in [0, 0.05) is 11.6 Å². The van der Waals surface area contributed by atoms with Gasteiger partial charge < -0.3 is 9.47 Å². The zero-order valence-corrected chi connectivity index (χ0v) is 12.4. The van der Waals surface area contributed by atoms with E-state index < -0.39 is 4.92 Å². The first kappa shape index (κ1) is 15.8. The predicted octanol–water partition coefficient (Wildman–Crippen LogP) is 3.65. The standard InChI is InChI=1S/C15H12ClNO5/c1-21-14-7-10(8-18)6-12(16)15(14)22-9-11-4-2-3-5-13(11)17(19)20/h2-8H,9H2,1H3. The summed E-state index contributed by atoms with van der Waals surface area (Å²) < 4.78 is 10.7. The van der Waals surface area contributed by atoms with Crippen LogP contribution in [0.1, 0.15) is 15.9 Å². The van der Waals surface area contributed by atoms with Gasteiger partial charge in [-0.3, -0.25) is 14.9 Å². The third-order valence-electron chi connectivity index (χ3n) is 2.95. The zero-order valence-electron chi connectivity index (χ0n) is 11.6. The molecule has 22 heavy (non-hydrogen) atoms. The lowest BCUT2D eigenvalue weighted by Crippen LogP contribution is -2.02. The van der Waals surface area contributed by atoms with E-state index >= 15 is 0 Å². The molecule has 0 amide bonds. The van der Waals surface area contributed by atoms with E-state index in [0.717, 1.165) is 0 Å². The maximum atomic E-state index is 11.0. The summed E-state index contributed by atoms with van der Waals surface area (Å²) in [6.07, 6.45) is 0.639. The Balaban J connectivity index is 2.29. The number of nitrogens with zero attached hydrogens (tertiary/aromatic N) is 1. The third-order valence-corrected chi connectivity index (χ3v) is 3.23. The van der Waals surface area contributed by atoms with E-state index in [2.05, 4.69) is 0 Å². The summed E-state index contributed by atoms with van der Waals surface area (Å²) in [6.45, 7) is -0.0479. The van der Waals surface area contributed by atoms with Crippen molar-refractivity contribution >= 4 is 23.6 Å². The lowest BCUT2D eigenvalue weighted by Gasteiger charge is -2.13. The molecule has 0 fully saturated rings. The fraction of sp³-hybridized carbons (Fsp3) is 0.133. The van der Waals surface area contributed by atoms with Gasteiger partial charge in [0.1, 0.15) is 12.9 Å². The summed E-state index contributed by atoms with van der Waals surface area (Å²) in [5.41, 5.74) is 0.715. The number of para-hydroxylation sites is 1. The molecule has 0 heterocycles. The van der Waals surface area contributed by atoms with Gasteiger partial charge in [0.05, 0.1) is 22.6 Å². The van der Waals surface area contributed by atoms with Gasteiger partial charge in [-0.05, 0) is 18.2 Å². The summed E-state index contributed by atoms with van der Waals surface area (Å²) in [7, 11) is 1.41. The van der Waals surface area contributed by atoms with Crippen molar-refractivity contribution < 1.29 is 19.2 Å². The van der Waals surface area contributed by atoms with Crippen molar-refractivity contribution in [3.05, 3.63) is 62.7 Å². The molecule has 0 aliphatic carbocycles. The minimum Gasteiger partial charge on any atom is -0.493 e. The molecule has 0 saturated carbocycles. The van der Waals surface area contributed by atoms with E-state index in [1.54, 1.807) is 18.2 Å². The van der Waals surface area contributed by atoms with Crippen LogP contribution in [0.2, 0.25) is 5.02 Å². The number of ether oxygens (including phenoxy) is 2. The number of carbonyl (C=O) groups excluding carboxylic acids is 1. The Labute approximate surface area is 131 Å². The first-order valence-corrected chi connectivity index (χ1v) is 6.62. The predicted molar refractivity (Wildman–Crippen MR) is 80.8 cm³/mol. The van der Waals surface area contributed by atoms with E-state index in [0.29, 0.717) is 17.4 Å². The summed E-state index contributed by atoms with van der Waals surface area (Å²) >= 11 is 6.06. The maximum absolute atomic E-state index is 11.0. The molecule has 0 atom stereocenters. The van der Waals surface area contributed by atoms with Gasteiger partial charge in [-0.1, -0.05) is 23.7 Å². The van der Waals surface area contributed by atoms with Crippen LogP contribution in [0, 0.1) is 10.1 Å². The molecule has 0 aliphatic heterocycles. The average Bonchev–Trinajstić information content (AvgIpc) is 2.53. The first-order valence-electron chi connectivity index (χ1n) is 6.24. The Morgan fingerprint density at radius 1 is 1.32 bits per heavy atom. The summed E-state index contributed by atoms with van der Waals surface area (Å²) in [6, 6.07) is 9.17. The molecule has 2 rings (SSSR count). The van der Waals surface area contributed by atoms with E-state index in [1.807, 2.05) is 0 Å². The minimum absolute atomic E-state index is 0.0397. The van der Waals surface area contributed by atoms with E-state index in [4.69, 9.17) is 21.1 Å². The highest BCUT2D eigenvalue weighted by molar-refractivity contribution is 6.32. The van der Waals surface area contributed by atoms with Crippen LogP contribution in [0.3, 0.4) is 0 Å². The molecule has 2 aromatic rings. The van der Waals surface area contributed by atoms with Crippen LogP contribution in [0.4, 0.5) is 5.69 Å². The average molecular weight is 322 g/mol. The van der Waals surface area contributed by atoms with Gasteiger partial charge in [-0.2, -0.15) is 0 Å². The number of aldehydes is 1. The highest BCUT2D eigenvalue weighted by Crippen LogP contribution is 2.37. The van der Waals surface area contributed by atoms with Crippen LogP contribution in [0.15, 0.2) is 36.4 Å². The molecule has 6 nitrogen and oxygen atoms in total. The second-order valence-corrected chi connectivity index (χ2v) is 4.73. The van der Waals surface area contributed by atoms with Crippen molar-refractivity contribution in [1.82, 2.24) is 0 Å². The molecule has 0 spiro atoms. The molecule has 0 aromatic heterocycles. The van der Waals surface area contributed by atoms with Crippen LogP contribution >= 0.6 is 11.6 Å². The normalized spacial score (nSPS) is 10.1. The Kier molecular flexibility index (Phi) is 4.95. The van der Waals surface area contributed by atoms with Crippen LogP contribution in [-0.2, 0) is 6.61 Å². The van der Waals surface area contributed by atoms with E-state index in [-0.39, 0.29) is 28.8 Å². The van der Waals surface area contributed by atoms with Crippen molar-refractivity contribution in [1.29, 1.82) is 0 Å². The zero-order chi connectivity index (χ0) is 16.1. The largest absolute Gasteiger partial charge is 0.493 e. The van der Waals surface area contributed by atoms with E-state index in [1.165, 1.54) is 25.3 Å². The van der Waals surface area contributed by atoms with Gasteiger partial charge in [-0.15, -0.1) is 0 Å². The fourth-order valence-electron chi connectivity index (χ4n) is 1.91. The highest BCUT2D eigenvalue weighted by Gasteiger charge is 2.16. The van der Waals surface area contributed by atoms with Gasteiger partial charge >= 0.3 is 0 Å².